The molecule has 4 nitrogen and oxygen atoms in total. The second-order valence-corrected chi connectivity index (χ2v) is 7.50. The van der Waals surface area contributed by atoms with Gasteiger partial charge in [-0.1, -0.05) is 78.9 Å². The van der Waals surface area contributed by atoms with Gasteiger partial charge in [0.15, 0.2) is 0 Å². The molecular weight excluding hydrogens is 372 g/mol. The van der Waals surface area contributed by atoms with Crippen molar-refractivity contribution in [3.63, 3.8) is 0 Å². The number of imide groups is 1. The summed E-state index contributed by atoms with van der Waals surface area (Å²) >= 11 is 0. The molecule has 3 amide bonds. The summed E-state index contributed by atoms with van der Waals surface area (Å²) in [5.41, 5.74) is 4.36. The van der Waals surface area contributed by atoms with Gasteiger partial charge < -0.3 is 0 Å². The van der Waals surface area contributed by atoms with Crippen LogP contribution in [-0.2, 0) is 4.79 Å². The van der Waals surface area contributed by atoms with Gasteiger partial charge in [0.05, 0.1) is 18.2 Å². The molecule has 3 aromatic carbocycles. The second kappa shape index (κ2) is 8.37. The first-order valence-electron chi connectivity index (χ1n) is 10.1. The molecule has 1 saturated heterocycles. The molecule has 1 heterocycles. The zero-order chi connectivity index (χ0) is 21.1. The fraction of sp³-hybridized carbons (Fsp3) is 0.154. The van der Waals surface area contributed by atoms with Gasteiger partial charge in [0.1, 0.15) is 0 Å². The van der Waals surface area contributed by atoms with Crippen LogP contribution in [0.25, 0.3) is 6.08 Å². The van der Waals surface area contributed by atoms with Crippen LogP contribution in [0.15, 0.2) is 84.9 Å². The van der Waals surface area contributed by atoms with E-state index in [0.717, 1.165) is 22.4 Å². The first-order chi connectivity index (χ1) is 14.6. The molecule has 150 valence electrons. The van der Waals surface area contributed by atoms with Gasteiger partial charge in [-0.2, -0.15) is 0 Å². The lowest BCUT2D eigenvalue weighted by atomic mass is 10.0. The van der Waals surface area contributed by atoms with Crippen molar-refractivity contribution >= 4 is 29.4 Å². The topological polar surface area (TPSA) is 40.6 Å². The van der Waals surface area contributed by atoms with Crippen molar-refractivity contribution < 1.29 is 9.59 Å². The fourth-order valence-electron chi connectivity index (χ4n) is 3.83. The van der Waals surface area contributed by atoms with E-state index < -0.39 is 0 Å². The number of hydrogen-bond acceptors (Lipinski definition) is 2. The van der Waals surface area contributed by atoms with Gasteiger partial charge in [0, 0.05) is 5.69 Å². The molecular formula is C26H24N2O2. The van der Waals surface area contributed by atoms with Crippen LogP contribution in [0.1, 0.15) is 23.1 Å². The van der Waals surface area contributed by atoms with Crippen molar-refractivity contribution in [3.05, 3.63) is 102 Å². The number of carbonyl (C=O) groups is 2. The molecule has 3 aromatic rings. The van der Waals surface area contributed by atoms with E-state index in [-0.39, 0.29) is 24.4 Å². The van der Waals surface area contributed by atoms with E-state index in [1.807, 2.05) is 105 Å². The molecule has 0 bridgehead atoms. The monoisotopic (exact) mass is 396 g/mol. The summed E-state index contributed by atoms with van der Waals surface area (Å²) < 4.78 is 0. The minimum Gasteiger partial charge on any atom is -0.286 e. The minimum absolute atomic E-state index is 0.193. The van der Waals surface area contributed by atoms with Gasteiger partial charge in [-0.25, -0.2) is 9.69 Å². The minimum atomic E-state index is -0.355. The lowest BCUT2D eigenvalue weighted by Gasteiger charge is -2.40. The highest BCUT2D eigenvalue weighted by molar-refractivity contribution is 6.22. The van der Waals surface area contributed by atoms with E-state index in [1.54, 1.807) is 4.90 Å². The lowest BCUT2D eigenvalue weighted by molar-refractivity contribution is -0.118. The second-order valence-electron chi connectivity index (χ2n) is 7.50. The molecule has 0 spiro atoms. The third-order valence-corrected chi connectivity index (χ3v) is 5.40. The molecule has 0 radical (unpaired) electrons. The summed E-state index contributed by atoms with van der Waals surface area (Å²) in [7, 11) is 0. The predicted molar refractivity (Wildman–Crippen MR) is 122 cm³/mol. The Morgan fingerprint density at radius 1 is 0.767 bits per heavy atom. The van der Waals surface area contributed by atoms with Crippen LogP contribution < -0.4 is 9.80 Å². The summed E-state index contributed by atoms with van der Waals surface area (Å²) in [6.07, 6.45) is 4.14. The van der Waals surface area contributed by atoms with Crippen LogP contribution in [0.4, 0.5) is 16.2 Å². The van der Waals surface area contributed by atoms with E-state index in [9.17, 15) is 9.59 Å². The smallest absolute Gasteiger partial charge is 0.286 e. The number of hydrogen-bond donors (Lipinski definition) is 0. The van der Waals surface area contributed by atoms with Gasteiger partial charge in [0.2, 0.25) is 5.91 Å². The van der Waals surface area contributed by atoms with E-state index in [4.69, 9.17) is 0 Å². The predicted octanol–water partition coefficient (Wildman–Crippen LogP) is 5.75. The molecule has 1 atom stereocenters. The zero-order valence-corrected chi connectivity index (χ0v) is 17.2. The van der Waals surface area contributed by atoms with Gasteiger partial charge >= 0.3 is 6.03 Å². The number of urea groups is 1. The van der Waals surface area contributed by atoms with Gasteiger partial charge in [-0.15, -0.1) is 0 Å². The number of carbonyl (C=O) groups excluding carboxylic acids is 2. The Balaban J connectivity index is 1.77. The molecule has 30 heavy (non-hydrogen) atoms. The molecule has 4 rings (SSSR count). The maximum Gasteiger partial charge on any atom is 0.336 e. The number of para-hydroxylation sites is 2. The van der Waals surface area contributed by atoms with Gasteiger partial charge in [0.25, 0.3) is 0 Å². The number of benzene rings is 3. The van der Waals surface area contributed by atoms with Gasteiger partial charge in [-0.3, -0.25) is 9.69 Å². The molecule has 1 aliphatic rings. The standard InChI is InChI=1S/C26H24N2O2/c1-19-10-6-8-14-23(19)27-22(17-16-21-12-4-3-5-13-21)18-25(29)28(26(27)30)24-15-9-7-11-20(24)2/h3-17,22H,18H2,1-2H3/b17-16+. The van der Waals surface area contributed by atoms with Crippen molar-refractivity contribution in [2.75, 3.05) is 9.80 Å². The quantitative estimate of drug-likeness (QED) is 0.563. The van der Waals surface area contributed by atoms with E-state index >= 15 is 0 Å². The number of rotatable bonds is 4. The Bertz CT molecular complexity index is 1100. The molecule has 0 aromatic heterocycles. The summed E-state index contributed by atoms with van der Waals surface area (Å²) in [6, 6.07) is 24.5. The van der Waals surface area contributed by atoms with Crippen LogP contribution in [0.3, 0.4) is 0 Å². The SMILES string of the molecule is Cc1ccccc1N1C(=O)CC(/C=C/c2ccccc2)N(c2ccccc2C)C1=O. The number of aryl methyl sites for hydroxylation is 2. The first-order valence-corrected chi connectivity index (χ1v) is 10.1. The van der Waals surface area contributed by atoms with E-state index in [2.05, 4.69) is 0 Å². The molecule has 0 saturated carbocycles. The normalized spacial score (nSPS) is 17.1. The van der Waals surface area contributed by atoms with Crippen molar-refractivity contribution in [2.24, 2.45) is 0 Å². The zero-order valence-electron chi connectivity index (χ0n) is 17.2. The Morgan fingerprint density at radius 3 is 1.97 bits per heavy atom. The third kappa shape index (κ3) is 3.77. The fourth-order valence-corrected chi connectivity index (χ4v) is 3.83. The van der Waals surface area contributed by atoms with E-state index in [0.29, 0.717) is 5.69 Å². The molecule has 1 fully saturated rings. The third-order valence-electron chi connectivity index (χ3n) is 5.40. The summed E-state index contributed by atoms with van der Waals surface area (Å²) in [4.78, 5) is 29.8. The Morgan fingerprint density at radius 2 is 1.33 bits per heavy atom. The average Bonchev–Trinajstić information content (AvgIpc) is 2.75. The summed E-state index contributed by atoms with van der Waals surface area (Å²) in [5.74, 6) is -0.193. The highest BCUT2D eigenvalue weighted by Gasteiger charge is 2.40. The number of nitrogens with zero attached hydrogens (tertiary/aromatic N) is 2. The number of amides is 3. The maximum absolute atomic E-state index is 13.7. The summed E-state index contributed by atoms with van der Waals surface area (Å²) in [6.45, 7) is 3.89. The molecule has 1 aliphatic heterocycles. The van der Waals surface area contributed by atoms with Crippen molar-refractivity contribution in [1.82, 2.24) is 0 Å². The van der Waals surface area contributed by atoms with E-state index in [1.165, 1.54) is 4.90 Å². The van der Waals surface area contributed by atoms with Crippen LogP contribution in [0.5, 0.6) is 0 Å². The van der Waals surface area contributed by atoms with Crippen LogP contribution in [0.2, 0.25) is 0 Å². The number of anilines is 2. The average molecular weight is 396 g/mol. The molecule has 0 aliphatic carbocycles. The lowest BCUT2D eigenvalue weighted by Crippen LogP contribution is -2.57. The van der Waals surface area contributed by atoms with Crippen LogP contribution >= 0.6 is 0 Å². The Kier molecular flexibility index (Phi) is 5.48. The summed E-state index contributed by atoms with van der Waals surface area (Å²) in [5, 5.41) is 0. The highest BCUT2D eigenvalue weighted by atomic mass is 16.2. The van der Waals surface area contributed by atoms with Crippen molar-refractivity contribution in [2.45, 2.75) is 26.3 Å². The van der Waals surface area contributed by atoms with Crippen molar-refractivity contribution in [3.8, 4) is 0 Å². The van der Waals surface area contributed by atoms with Crippen LogP contribution in [-0.4, -0.2) is 18.0 Å². The first kappa shape index (κ1) is 19.6. The van der Waals surface area contributed by atoms with Gasteiger partial charge in [-0.05, 0) is 42.7 Å². The molecule has 4 heteroatoms. The Labute approximate surface area is 177 Å². The van der Waals surface area contributed by atoms with Crippen LogP contribution in [0, 0.1) is 13.8 Å². The Hall–Kier alpha value is -3.66. The highest BCUT2D eigenvalue weighted by Crippen LogP contribution is 2.32. The molecule has 0 N–H and O–H groups in total. The molecule has 1 unspecified atom stereocenters. The maximum atomic E-state index is 13.7. The largest absolute Gasteiger partial charge is 0.336 e. The van der Waals surface area contributed by atoms with Crippen molar-refractivity contribution in [1.29, 1.82) is 0 Å².